The number of hydrogen-bond donors (Lipinski definition) is 0. The fourth-order valence-corrected chi connectivity index (χ4v) is 3.57. The summed E-state index contributed by atoms with van der Waals surface area (Å²) in [5.41, 5.74) is 1.72. The number of halogens is 3. The molecule has 1 aromatic heterocycles. The number of hydrogen-bond acceptors (Lipinski definition) is 1. The Kier molecular flexibility index (Phi) is 4.46. The topological polar surface area (TPSA) is 17.8 Å². The SMILES string of the molecule is CCC(CC1CC1)n1c(C(C)Cl)nc2cc(I)c(F)cc21. The first-order valence-corrected chi connectivity index (χ1v) is 9.03. The van der Waals surface area contributed by atoms with E-state index in [4.69, 9.17) is 11.6 Å². The number of imidazole rings is 1. The molecule has 2 nitrogen and oxygen atoms in total. The average Bonchev–Trinajstić information content (AvgIpc) is 3.18. The maximum Gasteiger partial charge on any atom is 0.138 e. The molecule has 1 aliphatic rings. The van der Waals surface area contributed by atoms with E-state index < -0.39 is 0 Å². The van der Waals surface area contributed by atoms with Gasteiger partial charge in [0.1, 0.15) is 11.6 Å². The number of aromatic nitrogens is 2. The molecule has 2 aromatic rings. The largest absolute Gasteiger partial charge is 0.324 e. The van der Waals surface area contributed by atoms with Crippen LogP contribution in [0.5, 0.6) is 0 Å². The van der Waals surface area contributed by atoms with E-state index in [1.165, 1.54) is 12.8 Å². The van der Waals surface area contributed by atoms with Crippen LogP contribution < -0.4 is 0 Å². The van der Waals surface area contributed by atoms with Gasteiger partial charge in [-0.2, -0.15) is 0 Å². The van der Waals surface area contributed by atoms with E-state index in [1.54, 1.807) is 6.07 Å². The molecule has 0 saturated heterocycles. The van der Waals surface area contributed by atoms with Gasteiger partial charge in [0.25, 0.3) is 0 Å². The molecule has 5 heteroatoms. The van der Waals surface area contributed by atoms with Crippen LogP contribution in [0.3, 0.4) is 0 Å². The van der Waals surface area contributed by atoms with Crippen LogP contribution in [-0.4, -0.2) is 9.55 Å². The van der Waals surface area contributed by atoms with E-state index in [0.29, 0.717) is 9.61 Å². The number of fused-ring (bicyclic) bond motifs is 1. The summed E-state index contributed by atoms with van der Waals surface area (Å²) in [5, 5.41) is -0.175. The monoisotopic (exact) mass is 420 g/mol. The van der Waals surface area contributed by atoms with E-state index in [9.17, 15) is 4.39 Å². The average molecular weight is 421 g/mol. The second-order valence-corrected chi connectivity index (χ2v) is 7.77. The Morgan fingerprint density at radius 2 is 2.19 bits per heavy atom. The first kappa shape index (κ1) is 15.5. The van der Waals surface area contributed by atoms with Gasteiger partial charge in [-0.05, 0) is 54.3 Å². The molecule has 1 aromatic carbocycles. The molecular weight excluding hydrogens is 402 g/mol. The zero-order chi connectivity index (χ0) is 15.1. The van der Waals surface area contributed by atoms with Crippen LogP contribution in [0.1, 0.15) is 56.8 Å². The fraction of sp³-hybridized carbons (Fsp3) is 0.562. The number of alkyl halides is 1. The summed E-state index contributed by atoms with van der Waals surface area (Å²) >= 11 is 8.34. The van der Waals surface area contributed by atoms with Crippen LogP contribution in [0.15, 0.2) is 12.1 Å². The van der Waals surface area contributed by atoms with Gasteiger partial charge < -0.3 is 4.57 Å². The van der Waals surface area contributed by atoms with Crippen LogP contribution in [0, 0.1) is 15.3 Å². The molecule has 0 spiro atoms. The van der Waals surface area contributed by atoms with Crippen molar-refractivity contribution >= 4 is 45.2 Å². The van der Waals surface area contributed by atoms with Crippen LogP contribution in [0.4, 0.5) is 4.39 Å². The highest BCUT2D eigenvalue weighted by Crippen LogP contribution is 2.40. The van der Waals surface area contributed by atoms with Crippen LogP contribution in [0.2, 0.25) is 0 Å². The Hall–Kier alpha value is -0.360. The molecule has 1 fully saturated rings. The van der Waals surface area contributed by atoms with Crippen molar-refractivity contribution in [3.63, 3.8) is 0 Å². The highest BCUT2D eigenvalue weighted by molar-refractivity contribution is 14.1. The van der Waals surface area contributed by atoms with Gasteiger partial charge in [0.2, 0.25) is 0 Å². The molecule has 2 atom stereocenters. The van der Waals surface area contributed by atoms with Gasteiger partial charge in [-0.25, -0.2) is 9.37 Å². The summed E-state index contributed by atoms with van der Waals surface area (Å²) in [7, 11) is 0. The van der Waals surface area contributed by atoms with Crippen molar-refractivity contribution < 1.29 is 4.39 Å². The van der Waals surface area contributed by atoms with Gasteiger partial charge in [-0.15, -0.1) is 11.6 Å². The minimum absolute atomic E-state index is 0.175. The lowest BCUT2D eigenvalue weighted by Crippen LogP contribution is -2.13. The predicted molar refractivity (Wildman–Crippen MR) is 93.3 cm³/mol. The lowest BCUT2D eigenvalue weighted by atomic mass is 10.1. The van der Waals surface area contributed by atoms with E-state index >= 15 is 0 Å². The zero-order valence-electron chi connectivity index (χ0n) is 12.2. The maximum absolute atomic E-state index is 14.0. The number of nitrogens with zero attached hydrogens (tertiary/aromatic N) is 2. The second kappa shape index (κ2) is 6.03. The third kappa shape index (κ3) is 3.07. The third-order valence-electron chi connectivity index (χ3n) is 4.25. The van der Waals surface area contributed by atoms with Gasteiger partial charge in [-0.3, -0.25) is 0 Å². The normalized spacial score (nSPS) is 18.1. The maximum atomic E-state index is 14.0. The summed E-state index contributed by atoms with van der Waals surface area (Å²) in [6, 6.07) is 3.79. The van der Waals surface area contributed by atoms with Crippen molar-refractivity contribution in [1.29, 1.82) is 0 Å². The van der Waals surface area contributed by atoms with Crippen molar-refractivity contribution in [2.24, 2.45) is 5.92 Å². The highest BCUT2D eigenvalue weighted by Gasteiger charge is 2.28. The molecule has 0 amide bonds. The predicted octanol–water partition coefficient (Wildman–Crippen LogP) is 5.83. The molecule has 0 bridgehead atoms. The zero-order valence-corrected chi connectivity index (χ0v) is 15.2. The van der Waals surface area contributed by atoms with Crippen molar-refractivity contribution in [3.8, 4) is 0 Å². The van der Waals surface area contributed by atoms with E-state index in [1.807, 2.05) is 35.6 Å². The lowest BCUT2D eigenvalue weighted by Gasteiger charge is -2.21. The summed E-state index contributed by atoms with van der Waals surface area (Å²) in [5.74, 6) is 1.50. The van der Waals surface area contributed by atoms with Gasteiger partial charge in [0.15, 0.2) is 0 Å². The molecule has 21 heavy (non-hydrogen) atoms. The Bertz CT molecular complexity index is 664. The fourth-order valence-electron chi connectivity index (χ4n) is 2.97. The Morgan fingerprint density at radius 1 is 1.48 bits per heavy atom. The Labute approximate surface area is 143 Å². The van der Waals surface area contributed by atoms with E-state index in [0.717, 1.165) is 35.6 Å². The third-order valence-corrected chi connectivity index (χ3v) is 5.28. The summed E-state index contributed by atoms with van der Waals surface area (Å²) in [4.78, 5) is 4.67. The molecule has 0 N–H and O–H groups in total. The van der Waals surface area contributed by atoms with Crippen LogP contribution in [-0.2, 0) is 0 Å². The van der Waals surface area contributed by atoms with Crippen molar-refractivity contribution in [1.82, 2.24) is 9.55 Å². The first-order valence-electron chi connectivity index (χ1n) is 7.52. The molecule has 1 aliphatic carbocycles. The molecule has 0 aliphatic heterocycles. The van der Waals surface area contributed by atoms with E-state index in [2.05, 4.69) is 16.5 Å². The molecule has 114 valence electrons. The first-order chi connectivity index (χ1) is 10.0. The van der Waals surface area contributed by atoms with Gasteiger partial charge >= 0.3 is 0 Å². The summed E-state index contributed by atoms with van der Waals surface area (Å²) in [6.07, 6.45) is 4.81. The van der Waals surface area contributed by atoms with E-state index in [-0.39, 0.29) is 11.2 Å². The van der Waals surface area contributed by atoms with Crippen LogP contribution in [0.25, 0.3) is 11.0 Å². The highest BCUT2D eigenvalue weighted by atomic mass is 127. The summed E-state index contributed by atoms with van der Waals surface area (Å²) in [6.45, 7) is 4.12. The van der Waals surface area contributed by atoms with Gasteiger partial charge in [0.05, 0.1) is 20.0 Å². The smallest absolute Gasteiger partial charge is 0.138 e. The minimum Gasteiger partial charge on any atom is -0.324 e. The Balaban J connectivity index is 2.16. The van der Waals surface area contributed by atoms with Crippen molar-refractivity contribution in [2.75, 3.05) is 0 Å². The standard InChI is InChI=1S/C16H19ClFIN2/c1-3-11(6-10-4-5-10)21-15-7-12(18)13(19)8-14(15)20-16(21)9(2)17/h7-11H,3-6H2,1-2H3. The molecule has 2 unspecified atom stereocenters. The molecule has 1 saturated carbocycles. The van der Waals surface area contributed by atoms with Crippen LogP contribution >= 0.6 is 34.2 Å². The van der Waals surface area contributed by atoms with Crippen molar-refractivity contribution in [3.05, 3.63) is 27.3 Å². The molecule has 0 radical (unpaired) electrons. The van der Waals surface area contributed by atoms with Crippen molar-refractivity contribution in [2.45, 2.75) is 50.9 Å². The molecule has 3 rings (SSSR count). The number of benzene rings is 1. The molecule has 1 heterocycles. The second-order valence-electron chi connectivity index (χ2n) is 5.95. The quantitative estimate of drug-likeness (QED) is 0.439. The molecular formula is C16H19ClFIN2. The Morgan fingerprint density at radius 3 is 2.76 bits per heavy atom. The summed E-state index contributed by atoms with van der Waals surface area (Å²) < 4.78 is 16.8. The lowest BCUT2D eigenvalue weighted by molar-refractivity contribution is 0.425. The number of rotatable bonds is 5. The van der Waals surface area contributed by atoms with Gasteiger partial charge in [0, 0.05) is 12.1 Å². The van der Waals surface area contributed by atoms with Gasteiger partial charge in [-0.1, -0.05) is 19.8 Å². The minimum atomic E-state index is -0.181.